The zero-order valence-electron chi connectivity index (χ0n) is 13.0. The van der Waals surface area contributed by atoms with E-state index < -0.39 is 0 Å². The maximum absolute atomic E-state index is 12.4. The molecule has 2 aliphatic heterocycles. The third-order valence-corrected chi connectivity index (χ3v) is 4.11. The summed E-state index contributed by atoms with van der Waals surface area (Å²) in [5.41, 5.74) is 1.84. The highest BCUT2D eigenvalue weighted by atomic mass is 16.6. The molecule has 0 saturated carbocycles. The molecule has 6 heteroatoms. The molecule has 1 fully saturated rings. The van der Waals surface area contributed by atoms with Crippen LogP contribution in [0.2, 0.25) is 0 Å². The predicted molar refractivity (Wildman–Crippen MR) is 82.6 cm³/mol. The van der Waals surface area contributed by atoms with Gasteiger partial charge in [0, 0.05) is 13.1 Å². The van der Waals surface area contributed by atoms with Crippen molar-refractivity contribution >= 4 is 17.7 Å². The van der Waals surface area contributed by atoms with E-state index in [1.54, 1.807) is 4.90 Å². The summed E-state index contributed by atoms with van der Waals surface area (Å²) in [5, 5.41) is 0. The summed E-state index contributed by atoms with van der Waals surface area (Å²) in [6.07, 6.45) is 0.449. The molecule has 3 rings (SSSR count). The van der Waals surface area contributed by atoms with Gasteiger partial charge in [-0.3, -0.25) is 9.69 Å². The first-order chi connectivity index (χ1) is 10.6. The van der Waals surface area contributed by atoms with Gasteiger partial charge in [0.15, 0.2) is 0 Å². The zero-order valence-corrected chi connectivity index (χ0v) is 13.0. The third-order valence-electron chi connectivity index (χ3n) is 4.11. The van der Waals surface area contributed by atoms with Gasteiger partial charge in [0.05, 0.1) is 18.3 Å². The molecule has 6 nitrogen and oxygen atoms in total. The molecule has 0 aromatic heterocycles. The predicted octanol–water partition coefficient (Wildman–Crippen LogP) is 1.31. The van der Waals surface area contributed by atoms with Gasteiger partial charge in [0.1, 0.15) is 6.61 Å². The number of hydrogen-bond donors (Lipinski definition) is 0. The van der Waals surface area contributed by atoms with Crippen LogP contribution in [0, 0.1) is 0 Å². The number of rotatable bonds is 2. The fourth-order valence-corrected chi connectivity index (χ4v) is 3.02. The Morgan fingerprint density at radius 2 is 2.14 bits per heavy atom. The lowest BCUT2D eigenvalue weighted by Crippen LogP contribution is -2.44. The normalized spacial score (nSPS) is 21.0. The summed E-state index contributed by atoms with van der Waals surface area (Å²) in [6.45, 7) is 1.95. The van der Waals surface area contributed by atoms with Crippen molar-refractivity contribution in [1.29, 1.82) is 0 Å². The standard InChI is InChI=1S/C16H21N3O3/c1-17(2)10-15(20)18-8-7-13-11-22-16(21)19(13)14-6-4-3-5-12(14)9-18/h3-6,13H,7-11H2,1-2H3. The van der Waals surface area contributed by atoms with E-state index in [1.807, 2.05) is 48.2 Å². The van der Waals surface area contributed by atoms with E-state index in [1.165, 1.54) is 0 Å². The molecule has 22 heavy (non-hydrogen) atoms. The van der Waals surface area contributed by atoms with Crippen LogP contribution < -0.4 is 4.90 Å². The van der Waals surface area contributed by atoms with Crippen LogP contribution in [0.25, 0.3) is 0 Å². The Balaban J connectivity index is 1.91. The Morgan fingerprint density at radius 3 is 2.91 bits per heavy atom. The number of carbonyl (C=O) groups excluding carboxylic acids is 2. The minimum absolute atomic E-state index is 0.00334. The first-order valence-electron chi connectivity index (χ1n) is 7.52. The number of nitrogens with zero attached hydrogens (tertiary/aromatic N) is 3. The summed E-state index contributed by atoms with van der Waals surface area (Å²) in [4.78, 5) is 29.9. The highest BCUT2D eigenvalue weighted by Gasteiger charge is 2.37. The average molecular weight is 303 g/mol. The molecule has 0 radical (unpaired) electrons. The maximum atomic E-state index is 12.4. The van der Waals surface area contributed by atoms with E-state index in [0.29, 0.717) is 26.2 Å². The second-order valence-electron chi connectivity index (χ2n) is 6.07. The van der Waals surface area contributed by atoms with Gasteiger partial charge < -0.3 is 14.5 Å². The van der Waals surface area contributed by atoms with Gasteiger partial charge in [-0.05, 0) is 32.1 Å². The Hall–Kier alpha value is -2.08. The van der Waals surface area contributed by atoms with Gasteiger partial charge in [0.2, 0.25) is 5.91 Å². The van der Waals surface area contributed by atoms with E-state index in [9.17, 15) is 9.59 Å². The average Bonchev–Trinajstić information content (AvgIpc) is 2.80. The number of cyclic esters (lactones) is 1. The van der Waals surface area contributed by atoms with Crippen LogP contribution >= 0.6 is 0 Å². The van der Waals surface area contributed by atoms with E-state index in [4.69, 9.17) is 4.74 Å². The van der Waals surface area contributed by atoms with Gasteiger partial charge in [-0.15, -0.1) is 0 Å². The zero-order chi connectivity index (χ0) is 15.7. The Bertz CT molecular complexity index is 588. The molecule has 0 aliphatic carbocycles. The van der Waals surface area contributed by atoms with Gasteiger partial charge in [-0.25, -0.2) is 4.79 Å². The van der Waals surface area contributed by atoms with E-state index >= 15 is 0 Å². The topological polar surface area (TPSA) is 53.1 Å². The van der Waals surface area contributed by atoms with Crippen LogP contribution in [0.1, 0.15) is 12.0 Å². The number of benzene rings is 1. The van der Waals surface area contributed by atoms with Crippen LogP contribution in [0.15, 0.2) is 24.3 Å². The number of amides is 2. The first kappa shape index (κ1) is 14.8. The SMILES string of the molecule is CN(C)CC(=O)N1CCC2COC(=O)N2c2ccccc2C1. The molecule has 1 unspecified atom stereocenters. The number of fused-ring (bicyclic) bond motifs is 3. The van der Waals surface area contributed by atoms with Gasteiger partial charge >= 0.3 is 6.09 Å². The van der Waals surface area contributed by atoms with Crippen LogP contribution in [0.5, 0.6) is 0 Å². The quantitative estimate of drug-likeness (QED) is 0.826. The molecule has 1 saturated heterocycles. The summed E-state index contributed by atoms with van der Waals surface area (Å²) < 4.78 is 5.20. The van der Waals surface area contributed by atoms with Crippen LogP contribution in [-0.4, -0.2) is 61.6 Å². The third kappa shape index (κ3) is 2.78. The lowest BCUT2D eigenvalue weighted by atomic mass is 10.1. The molecule has 1 aromatic carbocycles. The molecule has 118 valence electrons. The van der Waals surface area contributed by atoms with Crippen molar-refractivity contribution < 1.29 is 14.3 Å². The molecule has 2 aliphatic rings. The number of carbonyl (C=O) groups is 2. The highest BCUT2D eigenvalue weighted by molar-refractivity contribution is 5.91. The van der Waals surface area contributed by atoms with Crippen molar-refractivity contribution in [3.05, 3.63) is 29.8 Å². The fourth-order valence-electron chi connectivity index (χ4n) is 3.02. The highest BCUT2D eigenvalue weighted by Crippen LogP contribution is 2.31. The minimum Gasteiger partial charge on any atom is -0.447 e. The van der Waals surface area contributed by atoms with E-state index in [-0.39, 0.29) is 18.0 Å². The molecule has 1 aromatic rings. The fraction of sp³-hybridized carbons (Fsp3) is 0.500. The molecule has 0 spiro atoms. The minimum atomic E-state index is -0.287. The number of likely N-dealkylation sites (N-methyl/N-ethyl adjacent to an activating group) is 1. The lowest BCUT2D eigenvalue weighted by molar-refractivity contribution is -0.132. The molecular formula is C16H21N3O3. The molecule has 2 amide bonds. The Kier molecular flexibility index (Phi) is 4.02. The van der Waals surface area contributed by atoms with Gasteiger partial charge in [0.25, 0.3) is 0 Å². The van der Waals surface area contributed by atoms with Crippen molar-refractivity contribution in [2.24, 2.45) is 0 Å². The monoisotopic (exact) mass is 303 g/mol. The van der Waals surface area contributed by atoms with Crippen molar-refractivity contribution in [3.63, 3.8) is 0 Å². The lowest BCUT2D eigenvalue weighted by Gasteiger charge is -2.32. The maximum Gasteiger partial charge on any atom is 0.414 e. The largest absolute Gasteiger partial charge is 0.447 e. The van der Waals surface area contributed by atoms with Gasteiger partial charge in [-0.1, -0.05) is 18.2 Å². The van der Waals surface area contributed by atoms with Crippen LogP contribution in [0.3, 0.4) is 0 Å². The number of anilines is 1. The summed E-state index contributed by atoms with van der Waals surface area (Å²) >= 11 is 0. The van der Waals surface area contributed by atoms with Crippen LogP contribution in [-0.2, 0) is 16.1 Å². The van der Waals surface area contributed by atoms with E-state index in [2.05, 4.69) is 0 Å². The van der Waals surface area contributed by atoms with E-state index in [0.717, 1.165) is 17.7 Å². The second-order valence-corrected chi connectivity index (χ2v) is 6.07. The van der Waals surface area contributed by atoms with Crippen molar-refractivity contribution in [1.82, 2.24) is 9.80 Å². The molecule has 2 heterocycles. The number of para-hydroxylation sites is 1. The van der Waals surface area contributed by atoms with Gasteiger partial charge in [-0.2, -0.15) is 0 Å². The van der Waals surface area contributed by atoms with Crippen LogP contribution in [0.4, 0.5) is 10.5 Å². The molecular weight excluding hydrogens is 282 g/mol. The summed E-state index contributed by atoms with van der Waals surface area (Å²) in [7, 11) is 3.78. The molecule has 0 bridgehead atoms. The van der Waals surface area contributed by atoms with Crippen molar-refractivity contribution in [2.75, 3.05) is 38.7 Å². The smallest absolute Gasteiger partial charge is 0.414 e. The van der Waals surface area contributed by atoms with Crippen molar-refractivity contribution in [2.45, 2.75) is 19.0 Å². The summed E-state index contributed by atoms with van der Waals surface area (Å²) in [6, 6.07) is 7.75. The summed E-state index contributed by atoms with van der Waals surface area (Å²) in [5.74, 6) is 0.110. The Labute approximate surface area is 130 Å². The second kappa shape index (κ2) is 5.96. The first-order valence-corrected chi connectivity index (χ1v) is 7.52. The number of ether oxygens (including phenoxy) is 1. The Morgan fingerprint density at radius 1 is 1.36 bits per heavy atom. The molecule has 1 atom stereocenters. The molecule has 0 N–H and O–H groups in total. The number of hydrogen-bond acceptors (Lipinski definition) is 4. The van der Waals surface area contributed by atoms with Crippen molar-refractivity contribution in [3.8, 4) is 0 Å².